The quantitative estimate of drug-likeness (QED) is 0.289. The molecule has 3 N–H and O–H groups in total. The van der Waals surface area contributed by atoms with Gasteiger partial charge in [-0.15, -0.1) is 0 Å². The van der Waals surface area contributed by atoms with Crippen LogP contribution in [0.5, 0.6) is 0 Å². The maximum atomic E-state index is 12.4. The van der Waals surface area contributed by atoms with Gasteiger partial charge in [-0.05, 0) is 75.9 Å². The zero-order chi connectivity index (χ0) is 26.3. The molecule has 9 nitrogen and oxygen atoms in total. The van der Waals surface area contributed by atoms with E-state index in [0.29, 0.717) is 12.8 Å². The van der Waals surface area contributed by atoms with Gasteiger partial charge in [-0.3, -0.25) is 9.59 Å². The second kappa shape index (κ2) is 12.9. The molecule has 0 bridgehead atoms. The van der Waals surface area contributed by atoms with E-state index in [1.807, 2.05) is 13.8 Å². The van der Waals surface area contributed by atoms with Gasteiger partial charge in [0.1, 0.15) is 12.2 Å². The predicted octanol–water partition coefficient (Wildman–Crippen LogP) is -6.78. The Morgan fingerprint density at radius 1 is 1.05 bits per heavy atom. The van der Waals surface area contributed by atoms with Crippen molar-refractivity contribution in [1.82, 2.24) is 0 Å². The van der Waals surface area contributed by atoms with Crippen LogP contribution in [0.3, 0.4) is 0 Å². The Kier molecular flexibility index (Phi) is 12.1. The maximum absolute atomic E-state index is 12.4. The van der Waals surface area contributed by atoms with E-state index >= 15 is 0 Å². The van der Waals surface area contributed by atoms with Gasteiger partial charge in [0.2, 0.25) is 0 Å². The molecule has 11 heteroatoms. The molecule has 0 aromatic carbocycles. The Morgan fingerprint density at radius 3 is 2.14 bits per heavy atom. The van der Waals surface area contributed by atoms with Crippen LogP contribution in [-0.2, 0) is 19.2 Å². The zero-order valence-corrected chi connectivity index (χ0v) is 26.4. The van der Waals surface area contributed by atoms with Crippen LogP contribution in [0.1, 0.15) is 65.7 Å². The number of hydrogen-bond donors (Lipinski definition) is 3. The summed E-state index contributed by atoms with van der Waals surface area (Å²) < 4.78 is 0. The van der Waals surface area contributed by atoms with Crippen LogP contribution in [0.2, 0.25) is 0 Å². The smallest absolute Gasteiger partial charge is 0.550 e. The van der Waals surface area contributed by atoms with Crippen molar-refractivity contribution < 1.29 is 104 Å². The van der Waals surface area contributed by atoms with Crippen molar-refractivity contribution in [3.05, 3.63) is 23.3 Å². The van der Waals surface area contributed by atoms with Crippen LogP contribution >= 0.6 is 0 Å². The average Bonchev–Trinajstić information content (AvgIpc) is 3.04. The van der Waals surface area contributed by atoms with Crippen molar-refractivity contribution in [3.8, 4) is 0 Å². The molecule has 4 unspecified atom stereocenters. The van der Waals surface area contributed by atoms with Gasteiger partial charge in [-0.25, -0.2) is 0 Å². The van der Waals surface area contributed by atoms with Gasteiger partial charge >= 0.3 is 59.1 Å². The Hall–Kier alpha value is -0.360. The summed E-state index contributed by atoms with van der Waals surface area (Å²) in [6.07, 6.45) is 4.89. The molecule has 4 rings (SSSR count). The normalized spacial score (nSPS) is 37.5. The molecule has 4 aliphatic rings. The van der Waals surface area contributed by atoms with Gasteiger partial charge in [0.05, 0.1) is 6.10 Å². The maximum Gasteiger partial charge on any atom is 1.00 e. The van der Waals surface area contributed by atoms with Gasteiger partial charge in [0.15, 0.2) is 11.6 Å². The summed E-state index contributed by atoms with van der Waals surface area (Å²) in [6.45, 7) is 5.37. The third-order valence-corrected chi connectivity index (χ3v) is 9.32. The molecule has 0 radical (unpaired) electrons. The van der Waals surface area contributed by atoms with E-state index in [1.54, 1.807) is 12.2 Å². The van der Waals surface area contributed by atoms with Crippen LogP contribution < -0.4 is 69.3 Å². The van der Waals surface area contributed by atoms with E-state index in [-0.39, 0.29) is 88.1 Å². The number of carboxylic acid groups (broad SMARTS) is 2. The number of carbonyl (C=O) groups excluding carboxylic acids is 4. The van der Waals surface area contributed by atoms with Crippen molar-refractivity contribution in [2.75, 3.05) is 6.61 Å². The molecule has 0 spiro atoms. The van der Waals surface area contributed by atoms with Crippen LogP contribution in [0, 0.1) is 28.6 Å². The number of aliphatic hydroxyl groups excluding tert-OH is 2. The molecular formula is C26H34Na2O9. The fourth-order valence-corrected chi connectivity index (χ4v) is 7.48. The van der Waals surface area contributed by atoms with E-state index < -0.39 is 54.3 Å². The van der Waals surface area contributed by atoms with Gasteiger partial charge in [-0.2, -0.15) is 0 Å². The fraction of sp³-hybridized carbons (Fsp3) is 0.692. The third kappa shape index (κ3) is 6.05. The largest absolute Gasteiger partial charge is 1.00 e. The third-order valence-electron chi connectivity index (χ3n) is 9.32. The number of aliphatic hydroxyl groups is 3. The Morgan fingerprint density at radius 2 is 1.62 bits per heavy atom. The summed E-state index contributed by atoms with van der Waals surface area (Å²) in [5, 5.41) is 50.9. The number of fused-ring (bicyclic) bond motifs is 5. The Balaban J connectivity index is 0.000000600. The first-order chi connectivity index (χ1) is 16.2. The second-order valence-electron chi connectivity index (χ2n) is 10.8. The van der Waals surface area contributed by atoms with E-state index in [0.717, 1.165) is 30.4 Å². The van der Waals surface area contributed by atoms with Crippen molar-refractivity contribution in [2.24, 2.45) is 28.6 Å². The minimum absolute atomic E-state index is 0. The van der Waals surface area contributed by atoms with E-state index in [9.17, 15) is 44.7 Å². The van der Waals surface area contributed by atoms with E-state index in [4.69, 9.17) is 0 Å². The fourth-order valence-electron chi connectivity index (χ4n) is 7.48. The molecule has 3 saturated carbocycles. The first kappa shape index (κ1) is 34.7. The van der Waals surface area contributed by atoms with Crippen molar-refractivity contribution in [1.29, 1.82) is 0 Å². The molecule has 0 aliphatic heterocycles. The number of ketones is 2. The monoisotopic (exact) mass is 536 g/mol. The number of carbonyl (C=O) groups is 4. The number of carboxylic acids is 2. The molecule has 0 aromatic heterocycles. The number of hydrogen-bond acceptors (Lipinski definition) is 9. The second-order valence-corrected chi connectivity index (χ2v) is 10.8. The molecular weight excluding hydrogens is 502 g/mol. The topological polar surface area (TPSA) is 175 Å². The minimum atomic E-state index is -1.57. The number of allylic oxidation sites excluding steroid dienone is 4. The average molecular weight is 537 g/mol. The van der Waals surface area contributed by atoms with Crippen molar-refractivity contribution in [3.63, 3.8) is 0 Å². The summed E-state index contributed by atoms with van der Waals surface area (Å²) in [6, 6.07) is 0. The van der Waals surface area contributed by atoms with Crippen LogP contribution in [0.4, 0.5) is 0 Å². The van der Waals surface area contributed by atoms with Crippen LogP contribution in [0.25, 0.3) is 0 Å². The molecule has 3 fully saturated rings. The number of aliphatic carboxylic acids is 2. The van der Waals surface area contributed by atoms with E-state index in [2.05, 4.69) is 6.92 Å². The molecule has 0 amide bonds. The molecule has 0 aromatic rings. The van der Waals surface area contributed by atoms with Gasteiger partial charge < -0.3 is 35.1 Å². The van der Waals surface area contributed by atoms with Crippen LogP contribution in [-0.4, -0.2) is 57.1 Å². The molecule has 4 aliphatic carbocycles. The SMILES string of the molecule is CC1=CC(=O)C=C2CCC3C(C(O)C[C@@]4(C)C3CC[C@]4(O)C(=O)CO)[C@@]12C.O=C([O-])CCC(=O)[O-].[Na+].[Na+]. The zero-order valence-electron chi connectivity index (χ0n) is 22.4. The van der Waals surface area contributed by atoms with Gasteiger partial charge in [-0.1, -0.05) is 25.0 Å². The first-order valence-electron chi connectivity index (χ1n) is 12.1. The first-order valence-corrected chi connectivity index (χ1v) is 12.1. The molecule has 194 valence electrons. The number of Topliss-reactive ketones (excluding diaryl/α,β-unsaturated/α-hetero) is 1. The van der Waals surface area contributed by atoms with Crippen molar-refractivity contribution >= 4 is 23.5 Å². The molecule has 0 heterocycles. The summed E-state index contributed by atoms with van der Waals surface area (Å²) in [5.74, 6) is -2.96. The molecule has 0 saturated heterocycles. The molecule has 7 atom stereocenters. The van der Waals surface area contributed by atoms with Crippen LogP contribution in [0.15, 0.2) is 23.3 Å². The summed E-state index contributed by atoms with van der Waals surface area (Å²) in [5.41, 5.74) is -0.534. The summed E-state index contributed by atoms with van der Waals surface area (Å²) in [4.78, 5) is 43.4. The Bertz CT molecular complexity index is 979. The number of rotatable bonds is 5. The van der Waals surface area contributed by atoms with Gasteiger partial charge in [0.25, 0.3) is 0 Å². The van der Waals surface area contributed by atoms with Gasteiger partial charge in [0, 0.05) is 28.7 Å². The summed E-state index contributed by atoms with van der Waals surface area (Å²) >= 11 is 0. The van der Waals surface area contributed by atoms with Crippen molar-refractivity contribution in [2.45, 2.75) is 77.4 Å². The summed E-state index contributed by atoms with van der Waals surface area (Å²) in [7, 11) is 0. The minimum Gasteiger partial charge on any atom is -0.550 e. The standard InChI is InChI=1S/C22H30O5.C4H6O4.2Na/c1-12-8-14(24)9-13-4-5-15-16-6-7-22(27,18(26)11-23)20(16,2)10-17(25)19(15)21(12,13)3;5-3(6)1-2-4(7)8;;/h8-9,15-17,19,23,25,27H,4-7,10-11H2,1-3H3;1-2H2,(H,5,6)(H,7,8);;/q;;2*+1/p-2/t15?,16?,17?,19?,20-,21-,22-;;;/m0.../s1. The van der Waals surface area contributed by atoms with E-state index in [1.165, 1.54) is 0 Å². The Labute approximate surface area is 261 Å². The molecule has 37 heavy (non-hydrogen) atoms. The predicted molar refractivity (Wildman–Crippen MR) is 119 cm³/mol.